The smallest absolute Gasteiger partial charge is 0.160 e. The molecule has 7 nitrogen and oxygen atoms in total. The lowest BCUT2D eigenvalue weighted by atomic mass is 10.1. The van der Waals surface area contributed by atoms with Crippen LogP contribution < -0.4 is 19.5 Å². The van der Waals surface area contributed by atoms with E-state index in [4.69, 9.17) is 25.8 Å². The summed E-state index contributed by atoms with van der Waals surface area (Å²) in [4.78, 5) is 7.41. The van der Waals surface area contributed by atoms with Gasteiger partial charge in [0.15, 0.2) is 11.5 Å². The maximum Gasteiger partial charge on any atom is 0.160 e. The molecule has 0 fully saturated rings. The lowest BCUT2D eigenvalue weighted by Crippen LogP contribution is -2.32. The normalized spacial score (nSPS) is 11.2. The molecule has 0 aliphatic heterocycles. The first-order chi connectivity index (χ1) is 15.0. The minimum atomic E-state index is -0.614. The van der Waals surface area contributed by atoms with E-state index in [-0.39, 0.29) is 31.4 Å². The van der Waals surface area contributed by atoms with Gasteiger partial charge in [0.25, 0.3) is 0 Å². The second-order valence-corrected chi connectivity index (χ2v) is 7.49. The molecular weight excluding hydrogens is 489 g/mol. The van der Waals surface area contributed by atoms with E-state index in [1.807, 2.05) is 49.4 Å². The lowest BCUT2D eigenvalue weighted by Gasteiger charge is -2.14. The summed E-state index contributed by atoms with van der Waals surface area (Å²) in [6.07, 6.45) is 0.197. The third kappa shape index (κ3) is 8.28. The molecule has 1 aromatic heterocycles. The maximum absolute atomic E-state index is 10.2. The van der Waals surface area contributed by atoms with Crippen molar-refractivity contribution in [1.82, 2.24) is 15.3 Å². The number of aliphatic hydroxyl groups excluding tert-OH is 1. The molecule has 0 aliphatic rings. The van der Waals surface area contributed by atoms with Gasteiger partial charge in [-0.05, 0) is 61.9 Å². The van der Waals surface area contributed by atoms with E-state index < -0.39 is 6.10 Å². The average molecular weight is 519 g/mol. The van der Waals surface area contributed by atoms with Gasteiger partial charge in [-0.15, -0.1) is 24.8 Å². The maximum atomic E-state index is 10.2. The highest BCUT2D eigenvalue weighted by Crippen LogP contribution is 2.27. The van der Waals surface area contributed by atoms with Gasteiger partial charge in [-0.3, -0.25) is 0 Å². The molecule has 0 unspecified atom stereocenters. The van der Waals surface area contributed by atoms with Gasteiger partial charge in [0.2, 0.25) is 0 Å². The van der Waals surface area contributed by atoms with Crippen LogP contribution in [0, 0.1) is 6.92 Å². The molecule has 1 atom stereocenters. The molecule has 3 rings (SSSR count). The standard InChI is InChI=1S/C23H28ClN3O4.2ClH/c1-15-22(24)27-23(26-15)17-5-7-19(8-6-17)31-14-18(28)13-25-11-10-16-4-9-20(29-2)21(12-16)30-3;;/h4-9,12,18,25,28H,10-11,13-14H2,1-3H3,(H,26,27);2*1H/t18-;;/m0../s1. The number of halogens is 3. The fourth-order valence-electron chi connectivity index (χ4n) is 3.07. The Balaban J connectivity index is 0.00000272. The van der Waals surface area contributed by atoms with E-state index in [1.165, 1.54) is 0 Å². The van der Waals surface area contributed by atoms with E-state index in [0.717, 1.165) is 29.8 Å². The fourth-order valence-corrected chi connectivity index (χ4v) is 3.21. The molecule has 0 bridgehead atoms. The summed E-state index contributed by atoms with van der Waals surface area (Å²) in [7, 11) is 3.24. The number of ether oxygens (including phenoxy) is 3. The van der Waals surface area contributed by atoms with E-state index in [2.05, 4.69) is 15.3 Å². The lowest BCUT2D eigenvalue weighted by molar-refractivity contribution is 0.106. The molecule has 1 heterocycles. The van der Waals surface area contributed by atoms with Gasteiger partial charge in [0.1, 0.15) is 29.4 Å². The summed E-state index contributed by atoms with van der Waals surface area (Å²) in [5.74, 6) is 2.82. The fraction of sp³-hybridized carbons (Fsp3) is 0.348. The van der Waals surface area contributed by atoms with Crippen molar-refractivity contribution in [3.05, 3.63) is 58.9 Å². The van der Waals surface area contributed by atoms with Crippen LogP contribution in [0.25, 0.3) is 11.4 Å². The summed E-state index contributed by atoms with van der Waals surface area (Å²) in [5.41, 5.74) is 2.88. The zero-order valence-electron chi connectivity index (χ0n) is 18.8. The Morgan fingerprint density at radius 1 is 1.06 bits per heavy atom. The van der Waals surface area contributed by atoms with Crippen molar-refractivity contribution in [2.45, 2.75) is 19.4 Å². The van der Waals surface area contributed by atoms with Gasteiger partial charge in [0.05, 0.1) is 19.9 Å². The number of aromatic nitrogens is 2. The Morgan fingerprint density at radius 2 is 1.76 bits per heavy atom. The van der Waals surface area contributed by atoms with Crippen molar-refractivity contribution in [1.29, 1.82) is 0 Å². The Labute approximate surface area is 211 Å². The number of nitrogens with zero attached hydrogens (tertiary/aromatic N) is 1. The first kappa shape index (κ1) is 28.9. The quantitative estimate of drug-likeness (QED) is 0.325. The van der Waals surface area contributed by atoms with Crippen LogP contribution in [-0.2, 0) is 6.42 Å². The Kier molecular flexibility index (Phi) is 12.4. The topological polar surface area (TPSA) is 88.6 Å². The van der Waals surface area contributed by atoms with Crippen molar-refractivity contribution < 1.29 is 19.3 Å². The number of rotatable bonds is 11. The summed E-state index contributed by atoms with van der Waals surface area (Å²) >= 11 is 6.00. The van der Waals surface area contributed by atoms with Gasteiger partial charge in [-0.25, -0.2) is 4.98 Å². The number of methoxy groups -OCH3 is 2. The monoisotopic (exact) mass is 517 g/mol. The van der Waals surface area contributed by atoms with Gasteiger partial charge in [0, 0.05) is 12.1 Å². The van der Waals surface area contributed by atoms with Crippen molar-refractivity contribution in [2.24, 2.45) is 0 Å². The van der Waals surface area contributed by atoms with Gasteiger partial charge >= 0.3 is 0 Å². The molecule has 0 spiro atoms. The molecule has 0 saturated heterocycles. The van der Waals surface area contributed by atoms with Crippen LogP contribution in [-0.4, -0.2) is 55.1 Å². The molecule has 182 valence electrons. The van der Waals surface area contributed by atoms with E-state index in [9.17, 15) is 5.11 Å². The number of benzene rings is 2. The number of nitrogens with one attached hydrogen (secondary N) is 2. The minimum Gasteiger partial charge on any atom is -0.493 e. The highest BCUT2D eigenvalue weighted by Gasteiger charge is 2.09. The SMILES string of the molecule is COc1ccc(CCNC[C@H](O)COc2ccc(-c3nc(Cl)c(C)[nH]3)cc2)cc1OC.Cl.Cl. The highest BCUT2D eigenvalue weighted by molar-refractivity contribution is 6.30. The summed E-state index contributed by atoms with van der Waals surface area (Å²) < 4.78 is 16.3. The number of hydrogen-bond acceptors (Lipinski definition) is 6. The van der Waals surface area contributed by atoms with Crippen molar-refractivity contribution in [3.63, 3.8) is 0 Å². The number of aryl methyl sites for hydroxylation is 1. The summed E-state index contributed by atoms with van der Waals surface area (Å²) in [6.45, 7) is 3.25. The predicted molar refractivity (Wildman–Crippen MR) is 136 cm³/mol. The molecule has 10 heteroatoms. The Bertz CT molecular complexity index is 964. The van der Waals surface area contributed by atoms with Crippen LogP contribution >= 0.6 is 36.4 Å². The first-order valence-corrected chi connectivity index (χ1v) is 10.4. The highest BCUT2D eigenvalue weighted by atomic mass is 35.5. The molecule has 2 aromatic carbocycles. The number of aromatic amines is 1. The summed E-state index contributed by atoms with van der Waals surface area (Å²) in [5, 5.41) is 13.9. The van der Waals surface area contributed by atoms with Crippen LogP contribution in [0.1, 0.15) is 11.3 Å². The molecule has 3 N–H and O–H groups in total. The van der Waals surface area contributed by atoms with Crippen LogP contribution in [0.2, 0.25) is 5.15 Å². The van der Waals surface area contributed by atoms with Gasteiger partial charge < -0.3 is 29.6 Å². The molecule has 0 saturated carbocycles. The number of aliphatic hydroxyl groups is 1. The van der Waals surface area contributed by atoms with E-state index in [0.29, 0.717) is 34.8 Å². The van der Waals surface area contributed by atoms with Gasteiger partial charge in [-0.1, -0.05) is 17.7 Å². The Morgan fingerprint density at radius 3 is 2.36 bits per heavy atom. The minimum absolute atomic E-state index is 0. The predicted octanol–water partition coefficient (Wildman–Crippen LogP) is 4.47. The molecular formula is C23H30Cl3N3O4. The number of imidazole rings is 1. The second-order valence-electron chi connectivity index (χ2n) is 7.13. The van der Waals surface area contributed by atoms with Gasteiger partial charge in [-0.2, -0.15) is 0 Å². The van der Waals surface area contributed by atoms with E-state index in [1.54, 1.807) is 14.2 Å². The molecule has 0 amide bonds. The average Bonchev–Trinajstić information content (AvgIpc) is 3.13. The number of H-pyrrole nitrogens is 1. The van der Waals surface area contributed by atoms with Crippen LogP contribution in [0.4, 0.5) is 0 Å². The van der Waals surface area contributed by atoms with Crippen molar-refractivity contribution in [2.75, 3.05) is 33.9 Å². The van der Waals surface area contributed by atoms with Crippen molar-refractivity contribution in [3.8, 4) is 28.6 Å². The largest absolute Gasteiger partial charge is 0.493 e. The van der Waals surface area contributed by atoms with Crippen LogP contribution in [0.5, 0.6) is 17.2 Å². The second kappa shape index (κ2) is 14.2. The molecule has 3 aromatic rings. The zero-order chi connectivity index (χ0) is 22.2. The zero-order valence-corrected chi connectivity index (χ0v) is 21.1. The molecule has 0 radical (unpaired) electrons. The number of hydrogen-bond donors (Lipinski definition) is 3. The molecule has 0 aliphatic carbocycles. The Hall–Kier alpha value is -2.16. The molecule has 33 heavy (non-hydrogen) atoms. The third-order valence-corrected chi connectivity index (χ3v) is 5.18. The van der Waals surface area contributed by atoms with Crippen molar-refractivity contribution >= 4 is 36.4 Å². The van der Waals surface area contributed by atoms with Crippen LogP contribution in [0.15, 0.2) is 42.5 Å². The third-order valence-electron chi connectivity index (χ3n) is 4.81. The first-order valence-electron chi connectivity index (χ1n) is 10.0. The van der Waals surface area contributed by atoms with Crippen LogP contribution in [0.3, 0.4) is 0 Å². The van der Waals surface area contributed by atoms with E-state index >= 15 is 0 Å². The summed E-state index contributed by atoms with van der Waals surface area (Å²) in [6, 6.07) is 13.3.